The van der Waals surface area contributed by atoms with E-state index in [0.717, 1.165) is 5.75 Å². The summed E-state index contributed by atoms with van der Waals surface area (Å²) in [5, 5.41) is 0. The number of hydrogen-bond acceptors (Lipinski definition) is 5. The van der Waals surface area contributed by atoms with Crippen LogP contribution in [0.15, 0.2) is 30.3 Å². The first-order chi connectivity index (χ1) is 9.33. The summed E-state index contributed by atoms with van der Waals surface area (Å²) in [7, 11) is 1.36. The van der Waals surface area contributed by atoms with Gasteiger partial charge in [0, 0.05) is 0 Å². The third kappa shape index (κ3) is 8.18. The van der Waals surface area contributed by atoms with E-state index in [9.17, 15) is 4.79 Å². The summed E-state index contributed by atoms with van der Waals surface area (Å²) in [5.41, 5.74) is 0. The first-order valence-electron chi connectivity index (χ1n) is 6.23. The molecule has 1 aromatic carbocycles. The zero-order chi connectivity index (χ0) is 13.8. The minimum absolute atomic E-state index is 0.267. The highest BCUT2D eigenvalue weighted by Gasteiger charge is 1.99. The second-order valence-corrected chi connectivity index (χ2v) is 3.71. The third-order valence-corrected chi connectivity index (χ3v) is 2.29. The minimum atomic E-state index is -0.267. The summed E-state index contributed by atoms with van der Waals surface area (Å²) in [6.07, 6.45) is 0.271. The molecule has 0 amide bonds. The average molecular weight is 268 g/mol. The number of carbonyl (C=O) groups is 1. The molecule has 0 fully saturated rings. The quantitative estimate of drug-likeness (QED) is 0.477. The van der Waals surface area contributed by atoms with Crippen LogP contribution in [0.25, 0.3) is 0 Å². The SMILES string of the molecule is COC(=O)CCOCCOCCOc1ccccc1. The van der Waals surface area contributed by atoms with Crippen LogP contribution in [0.1, 0.15) is 6.42 Å². The Morgan fingerprint density at radius 3 is 2.26 bits per heavy atom. The van der Waals surface area contributed by atoms with E-state index in [0.29, 0.717) is 33.0 Å². The van der Waals surface area contributed by atoms with Gasteiger partial charge in [0.1, 0.15) is 12.4 Å². The average Bonchev–Trinajstić information content (AvgIpc) is 2.46. The van der Waals surface area contributed by atoms with Crippen LogP contribution >= 0.6 is 0 Å². The summed E-state index contributed by atoms with van der Waals surface area (Å²) in [5.74, 6) is 0.567. The van der Waals surface area contributed by atoms with Crippen LogP contribution in [0.4, 0.5) is 0 Å². The lowest BCUT2D eigenvalue weighted by Gasteiger charge is -2.07. The smallest absolute Gasteiger partial charge is 0.307 e. The Bertz CT molecular complexity index is 339. The van der Waals surface area contributed by atoms with Crippen molar-refractivity contribution < 1.29 is 23.7 Å². The molecule has 0 atom stereocenters. The number of rotatable bonds is 10. The van der Waals surface area contributed by atoms with Crippen LogP contribution in [0, 0.1) is 0 Å². The molecule has 0 spiro atoms. The molecule has 19 heavy (non-hydrogen) atoms. The van der Waals surface area contributed by atoms with Crippen molar-refractivity contribution in [2.45, 2.75) is 6.42 Å². The number of methoxy groups -OCH3 is 1. The van der Waals surface area contributed by atoms with Crippen LogP contribution in [0.5, 0.6) is 5.75 Å². The van der Waals surface area contributed by atoms with Gasteiger partial charge in [-0.05, 0) is 12.1 Å². The predicted molar refractivity (Wildman–Crippen MR) is 70.2 cm³/mol. The maximum Gasteiger partial charge on any atom is 0.307 e. The van der Waals surface area contributed by atoms with E-state index in [1.807, 2.05) is 30.3 Å². The van der Waals surface area contributed by atoms with Crippen molar-refractivity contribution in [1.29, 1.82) is 0 Å². The molecule has 0 aliphatic carbocycles. The maximum atomic E-state index is 10.8. The fourth-order valence-corrected chi connectivity index (χ4v) is 1.31. The van der Waals surface area contributed by atoms with Gasteiger partial charge in [-0.1, -0.05) is 18.2 Å². The molecule has 0 aliphatic heterocycles. The van der Waals surface area contributed by atoms with Gasteiger partial charge in [-0.15, -0.1) is 0 Å². The molecule has 106 valence electrons. The van der Waals surface area contributed by atoms with E-state index in [1.54, 1.807) is 0 Å². The highest BCUT2D eigenvalue weighted by atomic mass is 16.5. The van der Waals surface area contributed by atoms with E-state index >= 15 is 0 Å². The normalized spacial score (nSPS) is 10.2. The number of hydrogen-bond donors (Lipinski definition) is 0. The lowest BCUT2D eigenvalue weighted by atomic mass is 10.3. The molecule has 0 aliphatic rings. The Morgan fingerprint density at radius 2 is 1.58 bits per heavy atom. The molecule has 0 saturated carbocycles. The highest BCUT2D eigenvalue weighted by Crippen LogP contribution is 2.07. The lowest BCUT2D eigenvalue weighted by Crippen LogP contribution is -2.12. The number of esters is 1. The predicted octanol–water partition coefficient (Wildman–Crippen LogP) is 1.66. The Hall–Kier alpha value is -1.59. The van der Waals surface area contributed by atoms with Gasteiger partial charge in [0.25, 0.3) is 0 Å². The molecule has 0 bridgehead atoms. The van der Waals surface area contributed by atoms with Crippen LogP contribution in [-0.4, -0.2) is 46.1 Å². The van der Waals surface area contributed by atoms with Gasteiger partial charge in [-0.2, -0.15) is 0 Å². The number of carbonyl (C=O) groups excluding carboxylic acids is 1. The van der Waals surface area contributed by atoms with E-state index in [-0.39, 0.29) is 12.4 Å². The van der Waals surface area contributed by atoms with Crippen molar-refractivity contribution in [2.75, 3.05) is 40.1 Å². The van der Waals surface area contributed by atoms with Crippen molar-refractivity contribution in [3.05, 3.63) is 30.3 Å². The van der Waals surface area contributed by atoms with Crippen molar-refractivity contribution in [2.24, 2.45) is 0 Å². The van der Waals surface area contributed by atoms with Crippen molar-refractivity contribution in [3.8, 4) is 5.75 Å². The first-order valence-corrected chi connectivity index (χ1v) is 6.23. The molecule has 0 heterocycles. The fourth-order valence-electron chi connectivity index (χ4n) is 1.31. The number of para-hydroxylation sites is 1. The lowest BCUT2D eigenvalue weighted by molar-refractivity contribution is -0.141. The molecular formula is C14H20O5. The van der Waals surface area contributed by atoms with Gasteiger partial charge >= 0.3 is 5.97 Å². The van der Waals surface area contributed by atoms with Crippen LogP contribution in [-0.2, 0) is 19.0 Å². The zero-order valence-electron chi connectivity index (χ0n) is 11.2. The Morgan fingerprint density at radius 1 is 0.947 bits per heavy atom. The second-order valence-electron chi connectivity index (χ2n) is 3.71. The molecular weight excluding hydrogens is 248 g/mol. The fraction of sp³-hybridized carbons (Fsp3) is 0.500. The third-order valence-electron chi connectivity index (χ3n) is 2.29. The molecule has 0 radical (unpaired) electrons. The van der Waals surface area contributed by atoms with Crippen molar-refractivity contribution in [3.63, 3.8) is 0 Å². The largest absolute Gasteiger partial charge is 0.491 e. The first kappa shape index (κ1) is 15.5. The van der Waals surface area contributed by atoms with Gasteiger partial charge in [-0.25, -0.2) is 0 Å². The van der Waals surface area contributed by atoms with E-state index in [2.05, 4.69) is 4.74 Å². The summed E-state index contributed by atoms with van der Waals surface area (Å²) < 4.78 is 20.5. The Kier molecular flexibility index (Phi) is 8.42. The number of ether oxygens (including phenoxy) is 4. The van der Waals surface area contributed by atoms with Crippen LogP contribution in [0.3, 0.4) is 0 Å². The monoisotopic (exact) mass is 268 g/mol. The highest BCUT2D eigenvalue weighted by molar-refractivity contribution is 5.69. The van der Waals surface area contributed by atoms with Gasteiger partial charge in [0.05, 0.1) is 40.0 Å². The Balaban J connectivity index is 1.85. The molecule has 5 heteroatoms. The molecule has 1 rings (SSSR count). The van der Waals surface area contributed by atoms with Crippen LogP contribution < -0.4 is 4.74 Å². The topological polar surface area (TPSA) is 54.0 Å². The second kappa shape index (κ2) is 10.3. The summed E-state index contributed by atoms with van der Waals surface area (Å²) >= 11 is 0. The van der Waals surface area contributed by atoms with E-state index in [1.165, 1.54) is 7.11 Å². The molecule has 0 aromatic heterocycles. The van der Waals surface area contributed by atoms with Gasteiger partial charge in [0.15, 0.2) is 0 Å². The molecule has 1 aromatic rings. The van der Waals surface area contributed by atoms with Gasteiger partial charge in [0.2, 0.25) is 0 Å². The molecule has 0 N–H and O–H groups in total. The van der Waals surface area contributed by atoms with Gasteiger partial charge < -0.3 is 18.9 Å². The summed E-state index contributed by atoms with van der Waals surface area (Å²) in [4.78, 5) is 10.8. The van der Waals surface area contributed by atoms with Crippen molar-refractivity contribution >= 4 is 5.97 Å². The maximum absolute atomic E-state index is 10.8. The standard InChI is InChI=1S/C14H20O5/c1-16-14(15)7-8-17-9-10-18-11-12-19-13-5-3-2-4-6-13/h2-6H,7-12H2,1H3. The number of benzene rings is 1. The van der Waals surface area contributed by atoms with E-state index < -0.39 is 0 Å². The molecule has 0 saturated heterocycles. The van der Waals surface area contributed by atoms with Crippen LogP contribution in [0.2, 0.25) is 0 Å². The van der Waals surface area contributed by atoms with Crippen molar-refractivity contribution in [1.82, 2.24) is 0 Å². The molecule has 0 unspecified atom stereocenters. The Labute approximate surface area is 113 Å². The zero-order valence-corrected chi connectivity index (χ0v) is 11.2. The minimum Gasteiger partial charge on any atom is -0.491 e. The molecule has 5 nitrogen and oxygen atoms in total. The summed E-state index contributed by atoms with van der Waals surface area (Å²) in [6, 6.07) is 9.58. The van der Waals surface area contributed by atoms with Gasteiger partial charge in [-0.3, -0.25) is 4.79 Å². The summed E-state index contributed by atoms with van der Waals surface area (Å²) in [6.45, 7) is 2.32. The van der Waals surface area contributed by atoms with E-state index in [4.69, 9.17) is 14.2 Å².